The van der Waals surface area contributed by atoms with Crippen LogP contribution in [0.2, 0.25) is 0 Å². The highest BCUT2D eigenvalue weighted by molar-refractivity contribution is 5.28. The van der Waals surface area contributed by atoms with Crippen LogP contribution in [0.25, 0.3) is 0 Å². The molecule has 1 aliphatic rings. The van der Waals surface area contributed by atoms with Gasteiger partial charge in [0.05, 0.1) is 0 Å². The van der Waals surface area contributed by atoms with Gasteiger partial charge >= 0.3 is 5.69 Å². The molecule has 0 amide bonds. The maximum absolute atomic E-state index is 15.1. The molecule has 2 heterocycles. The van der Waals surface area contributed by atoms with Crippen LogP contribution in [-0.2, 0) is 11.2 Å². The molecule has 1 aromatic carbocycles. The topological polar surface area (TPSA) is 64.1 Å². The first-order valence-electron chi connectivity index (χ1n) is 9.61. The molecule has 1 aromatic heterocycles. The fourth-order valence-electron chi connectivity index (χ4n) is 3.79. The van der Waals surface area contributed by atoms with Crippen LogP contribution in [0.1, 0.15) is 54.1 Å². The molecule has 28 heavy (non-hydrogen) atoms. The normalized spacial score (nSPS) is 17.5. The van der Waals surface area contributed by atoms with Crippen LogP contribution in [0.4, 0.5) is 8.78 Å². The number of halogens is 2. The van der Waals surface area contributed by atoms with Crippen molar-refractivity contribution in [3.63, 3.8) is 0 Å². The zero-order chi connectivity index (χ0) is 20.4. The Balaban J connectivity index is 1.92. The minimum Gasteiger partial charge on any atom is -0.381 e. The third kappa shape index (κ3) is 4.09. The van der Waals surface area contributed by atoms with E-state index in [0.29, 0.717) is 37.3 Å². The van der Waals surface area contributed by atoms with Crippen molar-refractivity contribution in [2.45, 2.75) is 58.2 Å². The molecule has 3 rings (SSSR count). The maximum Gasteiger partial charge on any atom is 0.328 e. The molecular weight excluding hydrogens is 366 g/mol. The van der Waals surface area contributed by atoms with Crippen molar-refractivity contribution >= 4 is 0 Å². The molecule has 0 spiro atoms. The molecule has 0 unspecified atom stereocenters. The molecule has 1 saturated heterocycles. The van der Waals surface area contributed by atoms with Gasteiger partial charge in [-0.25, -0.2) is 13.6 Å². The molecule has 1 aliphatic heterocycles. The second-order valence-corrected chi connectivity index (χ2v) is 7.59. The average Bonchev–Trinajstić information content (AvgIpc) is 2.67. The Morgan fingerprint density at radius 1 is 1.25 bits per heavy atom. The van der Waals surface area contributed by atoms with Crippen molar-refractivity contribution in [2.75, 3.05) is 13.2 Å². The van der Waals surface area contributed by atoms with Crippen LogP contribution in [-0.4, -0.2) is 28.9 Å². The maximum atomic E-state index is 15.1. The van der Waals surface area contributed by atoms with E-state index < -0.39 is 29.2 Å². The monoisotopic (exact) mass is 392 g/mol. The number of H-pyrrole nitrogens is 1. The summed E-state index contributed by atoms with van der Waals surface area (Å²) in [4.78, 5) is 28.0. The number of ether oxygens (including phenoxy) is 1. The van der Waals surface area contributed by atoms with Gasteiger partial charge in [0.15, 0.2) is 0 Å². The van der Waals surface area contributed by atoms with E-state index in [0.717, 1.165) is 5.56 Å². The van der Waals surface area contributed by atoms with Crippen molar-refractivity contribution in [1.82, 2.24) is 9.55 Å². The van der Waals surface area contributed by atoms with Gasteiger partial charge in [0.2, 0.25) is 0 Å². The van der Waals surface area contributed by atoms with Gasteiger partial charge in [-0.05, 0) is 38.3 Å². The minimum atomic E-state index is -1.46. The number of nitrogens with zero attached hydrogens (tertiary/aromatic N) is 1. The number of aromatic amines is 1. The largest absolute Gasteiger partial charge is 0.381 e. The number of nitrogens with one attached hydrogen (secondary N) is 1. The third-order valence-electron chi connectivity index (χ3n) is 5.58. The average molecular weight is 392 g/mol. The molecule has 5 nitrogen and oxygen atoms in total. The third-order valence-corrected chi connectivity index (χ3v) is 5.58. The highest BCUT2D eigenvalue weighted by Crippen LogP contribution is 2.27. The second kappa shape index (κ2) is 8.39. The Bertz CT molecular complexity index is 961. The zero-order valence-corrected chi connectivity index (χ0v) is 16.4. The van der Waals surface area contributed by atoms with Gasteiger partial charge in [-0.2, -0.15) is 0 Å². The van der Waals surface area contributed by atoms with E-state index in [1.807, 2.05) is 6.92 Å². The van der Waals surface area contributed by atoms with Crippen molar-refractivity contribution in [3.8, 4) is 0 Å². The van der Waals surface area contributed by atoms with E-state index in [2.05, 4.69) is 4.98 Å². The molecule has 7 heteroatoms. The number of hydrogen-bond acceptors (Lipinski definition) is 3. The van der Waals surface area contributed by atoms with Crippen LogP contribution in [0.15, 0.2) is 27.8 Å². The quantitative estimate of drug-likeness (QED) is 0.849. The lowest BCUT2D eigenvalue weighted by Crippen LogP contribution is -2.43. The van der Waals surface area contributed by atoms with E-state index in [1.54, 1.807) is 26.0 Å². The summed E-state index contributed by atoms with van der Waals surface area (Å²) < 4.78 is 35.7. The summed E-state index contributed by atoms with van der Waals surface area (Å²) in [5.41, 5.74) is 0.785. The van der Waals surface area contributed by atoms with Crippen LogP contribution >= 0.6 is 0 Å². The Kier molecular flexibility index (Phi) is 6.13. The van der Waals surface area contributed by atoms with E-state index in [-0.39, 0.29) is 18.0 Å². The first-order chi connectivity index (χ1) is 13.3. The number of alkyl halides is 1. The first-order valence-corrected chi connectivity index (χ1v) is 9.61. The summed E-state index contributed by atoms with van der Waals surface area (Å²) in [6, 6.07) is 4.34. The zero-order valence-electron chi connectivity index (χ0n) is 16.4. The summed E-state index contributed by atoms with van der Waals surface area (Å²) in [7, 11) is 0. The van der Waals surface area contributed by atoms with Gasteiger partial charge in [0.1, 0.15) is 12.0 Å². The molecular formula is C21H26F2N2O3. The second-order valence-electron chi connectivity index (χ2n) is 7.59. The van der Waals surface area contributed by atoms with E-state index >= 15 is 4.39 Å². The molecule has 2 atom stereocenters. The molecule has 2 aromatic rings. The van der Waals surface area contributed by atoms with Gasteiger partial charge in [0, 0.05) is 42.9 Å². The lowest BCUT2D eigenvalue weighted by atomic mass is 9.91. The number of aryl methyl sites for hydroxylation is 2. The Labute approximate surface area is 162 Å². The van der Waals surface area contributed by atoms with Crippen molar-refractivity contribution in [2.24, 2.45) is 0 Å². The van der Waals surface area contributed by atoms with Crippen LogP contribution < -0.4 is 11.2 Å². The van der Waals surface area contributed by atoms with Crippen molar-refractivity contribution in [1.29, 1.82) is 0 Å². The number of aromatic nitrogens is 2. The van der Waals surface area contributed by atoms with E-state index in [4.69, 9.17) is 4.74 Å². The van der Waals surface area contributed by atoms with Gasteiger partial charge in [-0.3, -0.25) is 9.36 Å². The molecule has 152 valence electrons. The van der Waals surface area contributed by atoms with Crippen LogP contribution in [0, 0.1) is 19.7 Å². The van der Waals surface area contributed by atoms with Gasteiger partial charge in [0.25, 0.3) is 5.56 Å². The summed E-state index contributed by atoms with van der Waals surface area (Å²) in [5, 5.41) is 0. The van der Waals surface area contributed by atoms with Crippen LogP contribution in [0.3, 0.4) is 0 Å². The Morgan fingerprint density at radius 2 is 1.93 bits per heavy atom. The van der Waals surface area contributed by atoms with Gasteiger partial charge in [-0.15, -0.1) is 0 Å². The SMILES string of the molecule is Cc1ccc(F)c([C@H](C)[C@@H](F)Cc2c(C)[nH]c(=O)n(C3CCOCC3)c2=O)c1. The minimum absolute atomic E-state index is 0.181. The summed E-state index contributed by atoms with van der Waals surface area (Å²) in [6.45, 7) is 5.99. The highest BCUT2D eigenvalue weighted by atomic mass is 19.1. The highest BCUT2D eigenvalue weighted by Gasteiger charge is 2.26. The van der Waals surface area contributed by atoms with Gasteiger partial charge in [-0.1, -0.05) is 24.6 Å². The van der Waals surface area contributed by atoms with Gasteiger partial charge < -0.3 is 9.72 Å². The van der Waals surface area contributed by atoms with Crippen LogP contribution in [0.5, 0.6) is 0 Å². The molecule has 0 saturated carbocycles. The summed E-state index contributed by atoms with van der Waals surface area (Å²) in [5.74, 6) is -1.18. The lowest BCUT2D eigenvalue weighted by molar-refractivity contribution is 0.0672. The fourth-order valence-corrected chi connectivity index (χ4v) is 3.79. The molecule has 0 bridgehead atoms. The van der Waals surface area contributed by atoms with Crippen molar-refractivity contribution in [3.05, 3.63) is 67.2 Å². The summed E-state index contributed by atoms with van der Waals surface area (Å²) in [6.07, 6.45) is -0.513. The standard InChI is InChI=1S/C21H26F2N2O3/c1-12-4-5-18(22)16(10-12)13(2)19(23)11-17-14(3)24-21(27)25(20(17)26)15-6-8-28-9-7-15/h4-5,10,13,15,19H,6-9,11H2,1-3H3,(H,24,27)/t13-,19-/m0/s1. The molecule has 1 N–H and O–H groups in total. The molecule has 0 radical (unpaired) electrons. The fraction of sp³-hybridized carbons (Fsp3) is 0.524. The number of rotatable bonds is 5. The number of benzene rings is 1. The predicted molar refractivity (Wildman–Crippen MR) is 103 cm³/mol. The first kappa shape index (κ1) is 20.5. The van der Waals surface area contributed by atoms with Crippen molar-refractivity contribution < 1.29 is 13.5 Å². The van der Waals surface area contributed by atoms with E-state index in [1.165, 1.54) is 10.6 Å². The number of hydrogen-bond donors (Lipinski definition) is 1. The van der Waals surface area contributed by atoms with E-state index in [9.17, 15) is 14.0 Å². The molecule has 0 aliphatic carbocycles. The summed E-state index contributed by atoms with van der Waals surface area (Å²) >= 11 is 0. The Hall–Kier alpha value is -2.28. The Morgan fingerprint density at radius 3 is 2.61 bits per heavy atom. The predicted octanol–water partition coefficient (Wildman–Crippen LogP) is 3.33. The molecule has 1 fully saturated rings. The lowest BCUT2D eigenvalue weighted by Gasteiger charge is -2.25. The smallest absolute Gasteiger partial charge is 0.328 e.